The number of carbonyl (C=O) groups excluding carboxylic acids is 1. The van der Waals surface area contributed by atoms with Crippen molar-refractivity contribution < 1.29 is 14.6 Å². The second-order valence-electron chi connectivity index (χ2n) is 8.10. The molecular formula is C19H36N2O3. The summed E-state index contributed by atoms with van der Waals surface area (Å²) in [5.41, 5.74) is 0. The highest BCUT2D eigenvalue weighted by Gasteiger charge is 2.36. The van der Waals surface area contributed by atoms with Crippen LogP contribution in [0.3, 0.4) is 0 Å². The van der Waals surface area contributed by atoms with Crippen molar-refractivity contribution in [2.24, 2.45) is 11.8 Å². The average molecular weight is 341 g/mol. The van der Waals surface area contributed by atoms with Gasteiger partial charge in [0.15, 0.2) is 0 Å². The van der Waals surface area contributed by atoms with Gasteiger partial charge < -0.3 is 15.2 Å². The van der Waals surface area contributed by atoms with Gasteiger partial charge in [-0.05, 0) is 32.6 Å². The summed E-state index contributed by atoms with van der Waals surface area (Å²) in [7, 11) is 0. The number of nitrogens with one attached hydrogen (secondary N) is 1. The summed E-state index contributed by atoms with van der Waals surface area (Å²) >= 11 is 0. The number of nitrogens with zero attached hydrogens (tertiary/aromatic N) is 1. The van der Waals surface area contributed by atoms with Gasteiger partial charge >= 0.3 is 0 Å². The summed E-state index contributed by atoms with van der Waals surface area (Å²) in [6.07, 6.45) is 5.81. The maximum absolute atomic E-state index is 13.1. The molecule has 1 heterocycles. The molecule has 5 atom stereocenters. The number of amides is 1. The van der Waals surface area contributed by atoms with Crippen LogP contribution in [-0.4, -0.2) is 59.9 Å². The van der Waals surface area contributed by atoms with Crippen LogP contribution >= 0.6 is 0 Å². The molecule has 2 rings (SSSR count). The molecule has 140 valence electrons. The number of aliphatic hydroxyl groups is 1. The van der Waals surface area contributed by atoms with E-state index in [1.807, 2.05) is 0 Å². The molecule has 24 heavy (non-hydrogen) atoms. The van der Waals surface area contributed by atoms with Crippen LogP contribution in [-0.2, 0) is 9.53 Å². The number of hydrogen-bond donors (Lipinski definition) is 2. The molecule has 0 aromatic rings. The fourth-order valence-electron chi connectivity index (χ4n) is 4.40. The van der Waals surface area contributed by atoms with E-state index in [1.165, 1.54) is 6.42 Å². The van der Waals surface area contributed by atoms with Gasteiger partial charge in [0, 0.05) is 31.7 Å². The number of aliphatic hydroxyl groups excluding tert-OH is 1. The lowest BCUT2D eigenvalue weighted by molar-refractivity contribution is -0.136. The highest BCUT2D eigenvalue weighted by Crippen LogP contribution is 2.24. The van der Waals surface area contributed by atoms with E-state index in [2.05, 4.69) is 37.9 Å². The molecule has 1 amide bonds. The quantitative estimate of drug-likeness (QED) is 0.753. The summed E-state index contributed by atoms with van der Waals surface area (Å²) < 4.78 is 5.82. The van der Waals surface area contributed by atoms with Crippen LogP contribution in [0.5, 0.6) is 0 Å². The monoisotopic (exact) mass is 340 g/mol. The van der Waals surface area contributed by atoms with Crippen LogP contribution in [0.15, 0.2) is 0 Å². The van der Waals surface area contributed by atoms with Gasteiger partial charge in [0.25, 0.3) is 0 Å². The first kappa shape index (κ1) is 19.7. The molecule has 0 radical (unpaired) electrons. The summed E-state index contributed by atoms with van der Waals surface area (Å²) in [4.78, 5) is 15.3. The van der Waals surface area contributed by atoms with E-state index >= 15 is 0 Å². The molecule has 2 N–H and O–H groups in total. The zero-order valence-electron chi connectivity index (χ0n) is 15.8. The lowest BCUT2D eigenvalue weighted by atomic mass is 9.93. The minimum Gasteiger partial charge on any atom is -0.396 e. The van der Waals surface area contributed by atoms with Crippen LogP contribution in [0, 0.1) is 11.8 Å². The summed E-state index contributed by atoms with van der Waals surface area (Å²) in [6, 6.07) is -0.0106. The molecule has 2 fully saturated rings. The Morgan fingerprint density at radius 3 is 2.38 bits per heavy atom. The molecule has 1 saturated heterocycles. The van der Waals surface area contributed by atoms with Gasteiger partial charge in [0.2, 0.25) is 5.91 Å². The summed E-state index contributed by atoms with van der Waals surface area (Å²) in [5.74, 6) is 0.573. The lowest BCUT2D eigenvalue weighted by Crippen LogP contribution is -2.58. The normalized spacial score (nSPS) is 33.9. The Hall–Kier alpha value is -0.650. The first-order valence-corrected chi connectivity index (χ1v) is 9.73. The third-order valence-corrected chi connectivity index (χ3v) is 5.46. The van der Waals surface area contributed by atoms with Crippen molar-refractivity contribution in [1.82, 2.24) is 10.2 Å². The zero-order valence-corrected chi connectivity index (χ0v) is 15.8. The highest BCUT2D eigenvalue weighted by molar-refractivity contribution is 5.82. The minimum absolute atomic E-state index is 0.113. The van der Waals surface area contributed by atoms with Crippen molar-refractivity contribution in [1.29, 1.82) is 0 Å². The fourth-order valence-corrected chi connectivity index (χ4v) is 4.40. The van der Waals surface area contributed by atoms with Gasteiger partial charge in [-0.1, -0.05) is 33.1 Å². The molecule has 5 heteroatoms. The Kier molecular flexibility index (Phi) is 7.51. The van der Waals surface area contributed by atoms with Gasteiger partial charge in [0.05, 0.1) is 18.2 Å². The van der Waals surface area contributed by atoms with Crippen LogP contribution in [0.25, 0.3) is 0 Å². The minimum atomic E-state index is -0.124. The van der Waals surface area contributed by atoms with Crippen molar-refractivity contribution in [3.05, 3.63) is 0 Å². The van der Waals surface area contributed by atoms with Gasteiger partial charge in [-0.2, -0.15) is 0 Å². The highest BCUT2D eigenvalue weighted by atomic mass is 16.5. The number of hydrogen-bond acceptors (Lipinski definition) is 4. The maximum Gasteiger partial charge on any atom is 0.237 e. The van der Waals surface area contributed by atoms with Crippen molar-refractivity contribution in [2.45, 2.75) is 84.1 Å². The van der Waals surface area contributed by atoms with E-state index in [1.54, 1.807) is 0 Å². The largest absolute Gasteiger partial charge is 0.396 e. The number of ether oxygens (including phenoxy) is 1. The van der Waals surface area contributed by atoms with Crippen molar-refractivity contribution in [3.8, 4) is 0 Å². The first-order valence-electron chi connectivity index (χ1n) is 9.73. The molecule has 2 aliphatic rings. The molecule has 1 aliphatic carbocycles. The molecule has 0 aromatic carbocycles. The molecular weight excluding hydrogens is 304 g/mol. The Morgan fingerprint density at radius 2 is 1.79 bits per heavy atom. The first-order chi connectivity index (χ1) is 11.4. The number of morpholine rings is 1. The van der Waals surface area contributed by atoms with Gasteiger partial charge in [-0.25, -0.2) is 0 Å². The maximum atomic E-state index is 13.1. The average Bonchev–Trinajstić information content (AvgIpc) is 2.70. The van der Waals surface area contributed by atoms with Crippen LogP contribution in [0.1, 0.15) is 59.8 Å². The second kappa shape index (κ2) is 9.16. The van der Waals surface area contributed by atoms with E-state index in [9.17, 15) is 9.90 Å². The van der Waals surface area contributed by atoms with Crippen molar-refractivity contribution in [2.75, 3.05) is 19.7 Å². The third-order valence-electron chi connectivity index (χ3n) is 5.46. The molecule has 0 aromatic heterocycles. The predicted octanol–water partition coefficient (Wildman–Crippen LogP) is 2.18. The van der Waals surface area contributed by atoms with Crippen LogP contribution < -0.4 is 5.32 Å². The molecule has 0 unspecified atom stereocenters. The predicted molar refractivity (Wildman–Crippen MR) is 95.8 cm³/mol. The molecule has 1 saturated carbocycles. The molecule has 0 spiro atoms. The second-order valence-corrected chi connectivity index (χ2v) is 8.10. The van der Waals surface area contributed by atoms with E-state index in [0.29, 0.717) is 0 Å². The summed E-state index contributed by atoms with van der Waals surface area (Å²) in [6.45, 7) is 10.2. The van der Waals surface area contributed by atoms with Gasteiger partial charge in [0.1, 0.15) is 0 Å². The van der Waals surface area contributed by atoms with E-state index in [4.69, 9.17) is 4.74 Å². The SMILES string of the molecule is CC(C)[C@@H](C(=O)N[C@@H]1CCCCC[C@H]1CO)N1C[C@@H](C)O[C@@H](C)C1. The fraction of sp³-hybridized carbons (Fsp3) is 0.947. The topological polar surface area (TPSA) is 61.8 Å². The Labute approximate surface area is 147 Å². The van der Waals surface area contributed by atoms with Crippen molar-refractivity contribution in [3.63, 3.8) is 0 Å². The molecule has 1 aliphatic heterocycles. The zero-order chi connectivity index (χ0) is 17.7. The van der Waals surface area contributed by atoms with E-state index in [-0.39, 0.29) is 48.6 Å². The smallest absolute Gasteiger partial charge is 0.237 e. The number of rotatable bonds is 5. The summed E-state index contributed by atoms with van der Waals surface area (Å²) in [5, 5.41) is 13.0. The van der Waals surface area contributed by atoms with Crippen molar-refractivity contribution >= 4 is 5.91 Å². The van der Waals surface area contributed by atoms with Crippen LogP contribution in [0.2, 0.25) is 0 Å². The van der Waals surface area contributed by atoms with Gasteiger partial charge in [-0.3, -0.25) is 9.69 Å². The Balaban J connectivity index is 2.05. The Morgan fingerprint density at radius 1 is 1.17 bits per heavy atom. The number of carbonyl (C=O) groups is 1. The molecule has 0 bridgehead atoms. The van der Waals surface area contributed by atoms with E-state index in [0.717, 1.165) is 38.8 Å². The van der Waals surface area contributed by atoms with Crippen LogP contribution in [0.4, 0.5) is 0 Å². The standard InChI is InChI=1S/C19H36N2O3/c1-13(2)18(21-10-14(3)24-15(4)11-21)19(23)20-17-9-7-5-6-8-16(17)12-22/h13-18,22H,5-12H2,1-4H3,(H,20,23)/t14-,15+,16-,17+,18-/m0/s1. The Bertz CT molecular complexity index is 392. The van der Waals surface area contributed by atoms with E-state index < -0.39 is 0 Å². The lowest BCUT2D eigenvalue weighted by Gasteiger charge is -2.41. The third kappa shape index (κ3) is 5.17. The van der Waals surface area contributed by atoms with Gasteiger partial charge in [-0.15, -0.1) is 0 Å². The molecule has 5 nitrogen and oxygen atoms in total.